The van der Waals surface area contributed by atoms with E-state index >= 15 is 0 Å². The average Bonchev–Trinajstić information content (AvgIpc) is 2.46. The van der Waals surface area contributed by atoms with E-state index in [4.69, 9.17) is 9.84 Å². The third kappa shape index (κ3) is 7.11. The second-order valence-electron chi connectivity index (χ2n) is 5.35. The molecule has 5 nitrogen and oxygen atoms in total. The number of nitrogens with one attached hydrogen (secondary N) is 1. The molecule has 0 bridgehead atoms. The molecule has 1 unspecified atom stereocenters. The maximum absolute atomic E-state index is 11.2. The Morgan fingerprint density at radius 1 is 1.27 bits per heavy atom. The molecule has 0 radical (unpaired) electrons. The number of aliphatic carboxylic acids is 1. The van der Waals surface area contributed by atoms with Crippen LogP contribution in [-0.4, -0.2) is 29.6 Å². The van der Waals surface area contributed by atoms with Crippen molar-refractivity contribution in [2.24, 2.45) is 0 Å². The van der Waals surface area contributed by atoms with Gasteiger partial charge >= 0.3 is 5.97 Å². The van der Waals surface area contributed by atoms with Gasteiger partial charge in [0.15, 0.2) is 0 Å². The number of benzene rings is 1. The smallest absolute Gasteiger partial charge is 0.326 e. The zero-order chi connectivity index (χ0) is 16.4. The van der Waals surface area contributed by atoms with Crippen LogP contribution in [0.1, 0.15) is 45.1 Å². The first kappa shape index (κ1) is 18.0. The lowest BCUT2D eigenvalue weighted by molar-refractivity contribution is -0.141. The first-order chi connectivity index (χ1) is 10.5. The second kappa shape index (κ2) is 9.82. The molecule has 0 aliphatic heterocycles. The van der Waals surface area contributed by atoms with Gasteiger partial charge in [0.05, 0.1) is 6.61 Å². The Labute approximate surface area is 131 Å². The van der Waals surface area contributed by atoms with Crippen molar-refractivity contribution in [1.29, 1.82) is 0 Å². The summed E-state index contributed by atoms with van der Waals surface area (Å²) in [5.74, 6) is -0.655. The molecule has 22 heavy (non-hydrogen) atoms. The quantitative estimate of drug-likeness (QED) is 0.652. The van der Waals surface area contributed by atoms with Gasteiger partial charge in [0, 0.05) is 13.3 Å². The Balaban J connectivity index is 2.55. The Kier molecular flexibility index (Phi) is 8.04. The molecule has 0 spiro atoms. The summed E-state index contributed by atoms with van der Waals surface area (Å²) in [6.45, 7) is 4.14. The van der Waals surface area contributed by atoms with E-state index in [2.05, 4.69) is 12.2 Å². The van der Waals surface area contributed by atoms with Gasteiger partial charge < -0.3 is 15.2 Å². The van der Waals surface area contributed by atoms with Crippen LogP contribution in [0.2, 0.25) is 0 Å². The summed E-state index contributed by atoms with van der Waals surface area (Å²) in [7, 11) is 0. The number of carbonyl (C=O) groups excluding carboxylic acids is 1. The maximum atomic E-state index is 11.2. The molecule has 0 aromatic heterocycles. The number of ether oxygens (including phenoxy) is 1. The van der Waals surface area contributed by atoms with Gasteiger partial charge in [0.25, 0.3) is 0 Å². The number of hydrogen-bond acceptors (Lipinski definition) is 3. The normalized spacial score (nSPS) is 11.7. The Bertz CT molecular complexity index is 487. The third-order valence-electron chi connectivity index (χ3n) is 3.28. The highest BCUT2D eigenvalue weighted by atomic mass is 16.5. The van der Waals surface area contributed by atoms with Gasteiger partial charge in [-0.3, -0.25) is 4.79 Å². The van der Waals surface area contributed by atoms with Crippen molar-refractivity contribution in [3.63, 3.8) is 0 Å². The van der Waals surface area contributed by atoms with Crippen molar-refractivity contribution in [3.05, 3.63) is 29.8 Å². The maximum Gasteiger partial charge on any atom is 0.326 e. The summed E-state index contributed by atoms with van der Waals surface area (Å²) in [5, 5.41) is 11.6. The van der Waals surface area contributed by atoms with E-state index in [1.807, 2.05) is 24.3 Å². The van der Waals surface area contributed by atoms with E-state index in [1.54, 1.807) is 0 Å². The second-order valence-corrected chi connectivity index (χ2v) is 5.35. The lowest BCUT2D eigenvalue weighted by atomic mass is 10.1. The SMILES string of the molecule is CCCCCCOc1cccc(CC(NC(C)=O)C(=O)O)c1. The van der Waals surface area contributed by atoms with E-state index in [1.165, 1.54) is 19.8 Å². The summed E-state index contributed by atoms with van der Waals surface area (Å²) in [6, 6.07) is 6.44. The zero-order valence-electron chi connectivity index (χ0n) is 13.3. The number of carbonyl (C=O) groups is 2. The lowest BCUT2D eigenvalue weighted by Crippen LogP contribution is -2.41. The zero-order valence-corrected chi connectivity index (χ0v) is 13.3. The van der Waals surface area contributed by atoms with Crippen molar-refractivity contribution >= 4 is 11.9 Å². The molecule has 1 aromatic rings. The first-order valence-corrected chi connectivity index (χ1v) is 7.74. The number of amides is 1. The van der Waals surface area contributed by atoms with E-state index in [-0.39, 0.29) is 12.3 Å². The minimum Gasteiger partial charge on any atom is -0.494 e. The predicted molar refractivity (Wildman–Crippen MR) is 85.0 cm³/mol. The molecule has 1 aromatic carbocycles. The Morgan fingerprint density at radius 3 is 2.68 bits per heavy atom. The fourth-order valence-electron chi connectivity index (χ4n) is 2.16. The topological polar surface area (TPSA) is 75.6 Å². The van der Waals surface area contributed by atoms with Crippen LogP contribution in [0.25, 0.3) is 0 Å². The fourth-order valence-corrected chi connectivity index (χ4v) is 2.16. The van der Waals surface area contributed by atoms with Gasteiger partial charge in [0.2, 0.25) is 5.91 Å². The minimum atomic E-state index is -1.04. The van der Waals surface area contributed by atoms with Gasteiger partial charge in [-0.1, -0.05) is 38.3 Å². The van der Waals surface area contributed by atoms with Crippen molar-refractivity contribution in [1.82, 2.24) is 5.32 Å². The molecule has 0 fully saturated rings. The van der Waals surface area contributed by atoms with E-state index in [9.17, 15) is 9.59 Å². The summed E-state index contributed by atoms with van der Waals surface area (Å²) in [6.07, 6.45) is 4.80. The highest BCUT2D eigenvalue weighted by Crippen LogP contribution is 2.15. The van der Waals surface area contributed by atoms with Gasteiger partial charge in [-0.25, -0.2) is 4.79 Å². The van der Waals surface area contributed by atoms with E-state index in [0.29, 0.717) is 6.61 Å². The number of hydrogen-bond donors (Lipinski definition) is 2. The fraction of sp³-hybridized carbons (Fsp3) is 0.529. The van der Waals surface area contributed by atoms with Crippen molar-refractivity contribution in [3.8, 4) is 5.75 Å². The Morgan fingerprint density at radius 2 is 2.05 bits per heavy atom. The van der Waals surface area contributed by atoms with Crippen LogP contribution in [0.15, 0.2) is 24.3 Å². The summed E-state index contributed by atoms with van der Waals surface area (Å²) < 4.78 is 5.68. The van der Waals surface area contributed by atoms with Crippen LogP contribution < -0.4 is 10.1 Å². The van der Waals surface area contributed by atoms with Crippen molar-refractivity contribution in [2.45, 2.75) is 52.0 Å². The molecule has 2 N–H and O–H groups in total. The van der Waals surface area contributed by atoms with Crippen LogP contribution in [-0.2, 0) is 16.0 Å². The van der Waals surface area contributed by atoms with Gasteiger partial charge in [-0.15, -0.1) is 0 Å². The first-order valence-electron chi connectivity index (χ1n) is 7.74. The van der Waals surface area contributed by atoms with Crippen LogP contribution in [0.5, 0.6) is 5.75 Å². The molecular weight excluding hydrogens is 282 g/mol. The molecule has 0 saturated heterocycles. The summed E-state index contributed by atoms with van der Waals surface area (Å²) >= 11 is 0. The van der Waals surface area contributed by atoms with Crippen LogP contribution >= 0.6 is 0 Å². The molecule has 0 aliphatic rings. The van der Waals surface area contributed by atoms with Crippen molar-refractivity contribution in [2.75, 3.05) is 6.61 Å². The number of carboxylic acid groups (broad SMARTS) is 1. The monoisotopic (exact) mass is 307 g/mol. The van der Waals surface area contributed by atoms with Crippen LogP contribution in [0.3, 0.4) is 0 Å². The number of carboxylic acids is 1. The minimum absolute atomic E-state index is 0.238. The lowest BCUT2D eigenvalue weighted by Gasteiger charge is -2.14. The number of unbranched alkanes of at least 4 members (excludes halogenated alkanes) is 3. The van der Waals surface area contributed by atoms with Crippen molar-refractivity contribution < 1.29 is 19.4 Å². The molecule has 1 amide bonds. The predicted octanol–water partition coefficient (Wildman–Crippen LogP) is 2.78. The third-order valence-corrected chi connectivity index (χ3v) is 3.28. The molecule has 0 aliphatic carbocycles. The molecule has 1 atom stereocenters. The van der Waals surface area contributed by atoms with Crippen LogP contribution in [0, 0.1) is 0 Å². The van der Waals surface area contributed by atoms with Gasteiger partial charge in [0.1, 0.15) is 11.8 Å². The van der Waals surface area contributed by atoms with E-state index < -0.39 is 12.0 Å². The number of rotatable bonds is 10. The standard InChI is InChI=1S/C17H25NO4/c1-3-4-5-6-10-22-15-9-7-8-14(11-15)12-16(17(20)21)18-13(2)19/h7-9,11,16H,3-6,10,12H2,1-2H3,(H,18,19)(H,20,21). The molecule has 1 rings (SSSR count). The highest BCUT2D eigenvalue weighted by Gasteiger charge is 2.18. The van der Waals surface area contributed by atoms with E-state index in [0.717, 1.165) is 24.2 Å². The molecule has 0 saturated carbocycles. The summed E-state index contributed by atoms with van der Waals surface area (Å²) in [4.78, 5) is 22.2. The highest BCUT2D eigenvalue weighted by molar-refractivity contribution is 5.82. The largest absolute Gasteiger partial charge is 0.494 e. The average molecular weight is 307 g/mol. The van der Waals surface area contributed by atoms with Gasteiger partial charge in [-0.05, 0) is 24.1 Å². The van der Waals surface area contributed by atoms with Crippen LogP contribution in [0.4, 0.5) is 0 Å². The Hall–Kier alpha value is -2.04. The molecule has 122 valence electrons. The molecular formula is C17H25NO4. The summed E-state index contributed by atoms with van der Waals surface area (Å²) in [5.41, 5.74) is 0.826. The molecule has 0 heterocycles. The van der Waals surface area contributed by atoms with Gasteiger partial charge in [-0.2, -0.15) is 0 Å². The molecule has 5 heteroatoms.